The highest BCUT2D eigenvalue weighted by molar-refractivity contribution is 7.09. The van der Waals surface area contributed by atoms with Gasteiger partial charge in [-0.25, -0.2) is 0 Å². The van der Waals surface area contributed by atoms with Gasteiger partial charge < -0.3 is 10.1 Å². The molecular weight excluding hydrogens is 278 g/mol. The van der Waals surface area contributed by atoms with Gasteiger partial charge in [-0.1, -0.05) is 26.0 Å². The fraction of sp³-hybridized carbons (Fsp3) is 0.444. The van der Waals surface area contributed by atoms with Gasteiger partial charge in [-0.3, -0.25) is 0 Å². The Morgan fingerprint density at radius 1 is 1.19 bits per heavy atom. The van der Waals surface area contributed by atoms with Crippen LogP contribution in [0.25, 0.3) is 0 Å². The summed E-state index contributed by atoms with van der Waals surface area (Å²) >= 11 is 1.82. The molecule has 0 radical (unpaired) electrons. The molecule has 0 aliphatic carbocycles. The molecule has 0 bridgehead atoms. The normalized spacial score (nSPS) is 11.0. The quantitative estimate of drug-likeness (QED) is 0.730. The molecule has 1 aromatic heterocycles. The Labute approximate surface area is 132 Å². The Balaban J connectivity index is 1.65. The smallest absolute Gasteiger partial charge is 0.119 e. The zero-order valence-corrected chi connectivity index (χ0v) is 14.0. The highest BCUT2D eigenvalue weighted by Crippen LogP contribution is 2.23. The summed E-state index contributed by atoms with van der Waals surface area (Å²) in [5.41, 5.74) is 2.71. The largest absolute Gasteiger partial charge is 0.492 e. The molecule has 0 amide bonds. The number of hydrogen-bond donors (Lipinski definition) is 1. The third kappa shape index (κ3) is 5.18. The lowest BCUT2D eigenvalue weighted by molar-refractivity contribution is 0.314. The van der Waals surface area contributed by atoms with Crippen LogP contribution in [-0.2, 0) is 6.42 Å². The van der Waals surface area contributed by atoms with Gasteiger partial charge >= 0.3 is 0 Å². The van der Waals surface area contributed by atoms with Crippen molar-refractivity contribution in [2.45, 2.75) is 33.1 Å². The molecule has 1 aromatic carbocycles. The summed E-state index contributed by atoms with van der Waals surface area (Å²) in [6.45, 7) is 9.21. The molecule has 2 rings (SSSR count). The van der Waals surface area contributed by atoms with Crippen LogP contribution in [-0.4, -0.2) is 19.7 Å². The number of aryl methyl sites for hydroxylation is 1. The molecule has 3 heteroatoms. The Kier molecular flexibility index (Phi) is 6.27. The molecule has 0 atom stereocenters. The first kappa shape index (κ1) is 16.1. The Hall–Kier alpha value is -1.32. The number of ether oxygens (including phenoxy) is 1. The van der Waals surface area contributed by atoms with Gasteiger partial charge in [0.25, 0.3) is 0 Å². The van der Waals surface area contributed by atoms with Gasteiger partial charge in [0.05, 0.1) is 0 Å². The van der Waals surface area contributed by atoms with Crippen molar-refractivity contribution in [2.75, 3.05) is 19.7 Å². The maximum absolute atomic E-state index is 5.80. The molecule has 0 saturated heterocycles. The van der Waals surface area contributed by atoms with E-state index in [1.54, 1.807) is 0 Å². The molecule has 2 nitrogen and oxygen atoms in total. The zero-order chi connectivity index (χ0) is 15.1. The van der Waals surface area contributed by atoms with E-state index in [4.69, 9.17) is 4.74 Å². The Morgan fingerprint density at radius 2 is 2.05 bits per heavy atom. The van der Waals surface area contributed by atoms with Crippen LogP contribution in [0, 0.1) is 6.92 Å². The highest BCUT2D eigenvalue weighted by Gasteiger charge is 2.04. The fourth-order valence-corrected chi connectivity index (χ4v) is 3.13. The van der Waals surface area contributed by atoms with Crippen LogP contribution in [0.4, 0.5) is 0 Å². The molecule has 0 fully saturated rings. The van der Waals surface area contributed by atoms with E-state index in [1.807, 2.05) is 11.3 Å². The van der Waals surface area contributed by atoms with Crippen molar-refractivity contribution in [2.24, 2.45) is 0 Å². The first-order valence-electron chi connectivity index (χ1n) is 7.63. The van der Waals surface area contributed by atoms with E-state index in [1.165, 1.54) is 16.0 Å². The van der Waals surface area contributed by atoms with E-state index >= 15 is 0 Å². The van der Waals surface area contributed by atoms with Gasteiger partial charge in [0.15, 0.2) is 0 Å². The molecule has 0 spiro atoms. The molecule has 1 heterocycles. The summed E-state index contributed by atoms with van der Waals surface area (Å²) < 4.78 is 5.80. The second-order valence-electron chi connectivity index (χ2n) is 5.60. The SMILES string of the molecule is Cc1cc(OCCNCCc2cccs2)ccc1C(C)C. The standard InChI is InChI=1S/C18H25NOS/c1-14(2)18-7-6-16(13-15(18)3)20-11-10-19-9-8-17-5-4-12-21-17/h4-7,12-14,19H,8-11H2,1-3H3. The van der Waals surface area contributed by atoms with Crippen LogP contribution in [0.3, 0.4) is 0 Å². The van der Waals surface area contributed by atoms with Gasteiger partial charge in [0, 0.05) is 18.0 Å². The van der Waals surface area contributed by atoms with E-state index in [9.17, 15) is 0 Å². The molecule has 1 N–H and O–H groups in total. The van der Waals surface area contributed by atoms with Crippen LogP contribution in [0.1, 0.15) is 35.8 Å². The average Bonchev–Trinajstić information content (AvgIpc) is 2.95. The summed E-state index contributed by atoms with van der Waals surface area (Å²) in [5.74, 6) is 1.54. The van der Waals surface area contributed by atoms with Crippen LogP contribution in [0.15, 0.2) is 35.7 Å². The number of benzene rings is 1. The van der Waals surface area contributed by atoms with Crippen LogP contribution in [0.5, 0.6) is 5.75 Å². The Morgan fingerprint density at radius 3 is 2.71 bits per heavy atom. The van der Waals surface area contributed by atoms with Gasteiger partial charge in [-0.2, -0.15) is 0 Å². The van der Waals surface area contributed by atoms with Crippen molar-refractivity contribution in [1.82, 2.24) is 5.32 Å². The van der Waals surface area contributed by atoms with Crippen molar-refractivity contribution in [1.29, 1.82) is 0 Å². The predicted octanol–water partition coefficient (Wildman–Crippen LogP) is 4.39. The second-order valence-corrected chi connectivity index (χ2v) is 6.63. The molecular formula is C18H25NOS. The minimum absolute atomic E-state index is 0.568. The van der Waals surface area contributed by atoms with Crippen molar-refractivity contribution in [3.05, 3.63) is 51.7 Å². The van der Waals surface area contributed by atoms with Crippen LogP contribution < -0.4 is 10.1 Å². The monoisotopic (exact) mass is 303 g/mol. The van der Waals surface area contributed by atoms with E-state index in [2.05, 4.69) is 61.8 Å². The summed E-state index contributed by atoms with van der Waals surface area (Å²) in [6, 6.07) is 10.7. The summed E-state index contributed by atoms with van der Waals surface area (Å²) in [6.07, 6.45) is 1.10. The second kappa shape index (κ2) is 8.20. The molecule has 0 saturated carbocycles. The topological polar surface area (TPSA) is 21.3 Å². The predicted molar refractivity (Wildman–Crippen MR) is 91.7 cm³/mol. The average molecular weight is 303 g/mol. The molecule has 0 aliphatic rings. The fourth-order valence-electron chi connectivity index (χ4n) is 2.42. The summed E-state index contributed by atoms with van der Waals surface area (Å²) in [7, 11) is 0. The minimum Gasteiger partial charge on any atom is -0.492 e. The van der Waals surface area contributed by atoms with Crippen molar-refractivity contribution in [3.8, 4) is 5.75 Å². The minimum atomic E-state index is 0.568. The summed E-state index contributed by atoms with van der Waals surface area (Å²) in [4.78, 5) is 1.43. The molecule has 21 heavy (non-hydrogen) atoms. The molecule has 114 valence electrons. The van der Waals surface area contributed by atoms with Gasteiger partial charge in [0.1, 0.15) is 12.4 Å². The first-order chi connectivity index (χ1) is 10.2. The lowest BCUT2D eigenvalue weighted by Crippen LogP contribution is -2.23. The maximum Gasteiger partial charge on any atom is 0.119 e. The summed E-state index contributed by atoms with van der Waals surface area (Å²) in [5, 5.41) is 5.55. The maximum atomic E-state index is 5.80. The number of hydrogen-bond acceptors (Lipinski definition) is 3. The van der Waals surface area contributed by atoms with Crippen molar-refractivity contribution in [3.63, 3.8) is 0 Å². The van der Waals surface area contributed by atoms with Crippen LogP contribution >= 0.6 is 11.3 Å². The van der Waals surface area contributed by atoms with E-state index in [0.717, 1.165) is 25.3 Å². The number of rotatable bonds is 8. The lowest BCUT2D eigenvalue weighted by Gasteiger charge is -2.12. The van der Waals surface area contributed by atoms with Gasteiger partial charge in [0.2, 0.25) is 0 Å². The van der Waals surface area contributed by atoms with E-state index in [-0.39, 0.29) is 0 Å². The molecule has 0 aliphatic heterocycles. The van der Waals surface area contributed by atoms with Crippen LogP contribution in [0.2, 0.25) is 0 Å². The zero-order valence-electron chi connectivity index (χ0n) is 13.2. The molecule has 0 unspecified atom stereocenters. The third-order valence-corrected chi connectivity index (χ3v) is 4.48. The Bertz CT molecular complexity index is 534. The van der Waals surface area contributed by atoms with Crippen molar-refractivity contribution < 1.29 is 4.74 Å². The number of nitrogens with one attached hydrogen (secondary N) is 1. The number of thiophene rings is 1. The highest BCUT2D eigenvalue weighted by atomic mass is 32.1. The van der Waals surface area contributed by atoms with E-state index < -0.39 is 0 Å². The van der Waals surface area contributed by atoms with Gasteiger partial charge in [-0.15, -0.1) is 11.3 Å². The molecule has 2 aromatic rings. The van der Waals surface area contributed by atoms with E-state index in [0.29, 0.717) is 12.5 Å². The third-order valence-electron chi connectivity index (χ3n) is 3.54. The van der Waals surface area contributed by atoms with Gasteiger partial charge in [-0.05, 0) is 54.0 Å². The lowest BCUT2D eigenvalue weighted by atomic mass is 9.98. The van der Waals surface area contributed by atoms with Crippen molar-refractivity contribution >= 4 is 11.3 Å². The first-order valence-corrected chi connectivity index (χ1v) is 8.51.